The first kappa shape index (κ1) is 55.9. The molecule has 0 aromatic carbocycles. The standard InChI is InChI=1S/C51H96N2O5/c1-3-5-7-9-11-13-15-17-19-20-22-24-26-28-30-35-39-45-50(55)58-47(41-36-32-29-27-25-23-21-18-16-14-12-10-8-6-4-2)42-37-33-31-34-38-44-49(54)53-48(51(56)57)43-40-46-52/h11,13,17,19,47-48H,3-10,12,14-16,18,20-46,52H2,1-2H3,(H,53,54)(H,56,57)/b13-11-,19-17-. The van der Waals surface area contributed by atoms with E-state index in [9.17, 15) is 19.5 Å². The second-order valence-electron chi connectivity index (χ2n) is 17.2. The first-order valence-corrected chi connectivity index (χ1v) is 25.2. The summed E-state index contributed by atoms with van der Waals surface area (Å²) in [6.07, 6.45) is 53.7. The Morgan fingerprint density at radius 1 is 0.500 bits per heavy atom. The fourth-order valence-electron chi connectivity index (χ4n) is 7.72. The summed E-state index contributed by atoms with van der Waals surface area (Å²) in [5, 5.41) is 12.0. The Morgan fingerprint density at radius 3 is 1.36 bits per heavy atom. The number of nitrogens with two attached hydrogens (primary N) is 1. The molecule has 0 spiro atoms. The number of carboxylic acid groups (broad SMARTS) is 1. The van der Waals surface area contributed by atoms with Crippen LogP contribution in [0.3, 0.4) is 0 Å². The van der Waals surface area contributed by atoms with Gasteiger partial charge in [-0.3, -0.25) is 9.59 Å². The molecule has 0 heterocycles. The van der Waals surface area contributed by atoms with Crippen molar-refractivity contribution >= 4 is 17.8 Å². The van der Waals surface area contributed by atoms with E-state index >= 15 is 0 Å². The Kier molecular flexibility index (Phi) is 44.2. The first-order valence-electron chi connectivity index (χ1n) is 25.2. The quantitative estimate of drug-likeness (QED) is 0.0320. The molecule has 2 atom stereocenters. The lowest BCUT2D eigenvalue weighted by Crippen LogP contribution is -2.40. The van der Waals surface area contributed by atoms with Crippen molar-refractivity contribution in [3.05, 3.63) is 24.3 Å². The largest absolute Gasteiger partial charge is 0.480 e. The molecule has 0 aliphatic rings. The zero-order valence-corrected chi connectivity index (χ0v) is 38.4. The van der Waals surface area contributed by atoms with Crippen molar-refractivity contribution in [2.45, 2.75) is 276 Å². The molecule has 58 heavy (non-hydrogen) atoms. The highest BCUT2D eigenvalue weighted by Gasteiger charge is 2.19. The molecule has 7 nitrogen and oxygen atoms in total. The molecule has 0 aromatic heterocycles. The van der Waals surface area contributed by atoms with Crippen molar-refractivity contribution in [2.75, 3.05) is 6.54 Å². The van der Waals surface area contributed by atoms with Crippen molar-refractivity contribution in [3.8, 4) is 0 Å². The van der Waals surface area contributed by atoms with Gasteiger partial charge in [0.25, 0.3) is 0 Å². The summed E-state index contributed by atoms with van der Waals surface area (Å²) in [6, 6.07) is -0.856. The minimum absolute atomic E-state index is 0.0117. The van der Waals surface area contributed by atoms with Crippen molar-refractivity contribution in [1.82, 2.24) is 5.32 Å². The molecule has 0 saturated heterocycles. The zero-order chi connectivity index (χ0) is 42.4. The average Bonchev–Trinajstić information content (AvgIpc) is 3.21. The molecule has 340 valence electrons. The molecular formula is C51H96N2O5. The van der Waals surface area contributed by atoms with E-state index in [4.69, 9.17) is 10.5 Å². The van der Waals surface area contributed by atoms with Crippen LogP contribution in [0.1, 0.15) is 264 Å². The molecule has 0 aromatic rings. The van der Waals surface area contributed by atoms with Crippen LogP contribution in [0.5, 0.6) is 0 Å². The highest BCUT2D eigenvalue weighted by Crippen LogP contribution is 2.19. The number of carbonyl (C=O) groups excluding carboxylic acids is 2. The van der Waals surface area contributed by atoms with Crippen LogP contribution in [-0.4, -0.2) is 41.6 Å². The normalized spacial score (nSPS) is 12.7. The number of carboxylic acids is 1. The fraction of sp³-hybridized carbons (Fsp3) is 0.863. The Balaban J connectivity index is 4.30. The van der Waals surface area contributed by atoms with Gasteiger partial charge in [-0.1, -0.05) is 192 Å². The van der Waals surface area contributed by atoms with Crippen molar-refractivity contribution < 1.29 is 24.2 Å². The minimum atomic E-state index is -1.00. The summed E-state index contributed by atoms with van der Waals surface area (Å²) in [5.74, 6) is -1.22. The van der Waals surface area contributed by atoms with Gasteiger partial charge in [-0.15, -0.1) is 0 Å². The summed E-state index contributed by atoms with van der Waals surface area (Å²) >= 11 is 0. The van der Waals surface area contributed by atoms with E-state index in [1.54, 1.807) is 0 Å². The van der Waals surface area contributed by atoms with Crippen LogP contribution in [0.15, 0.2) is 24.3 Å². The topological polar surface area (TPSA) is 119 Å². The number of hydrogen-bond donors (Lipinski definition) is 3. The molecule has 0 saturated carbocycles. The van der Waals surface area contributed by atoms with Crippen molar-refractivity contribution in [3.63, 3.8) is 0 Å². The van der Waals surface area contributed by atoms with Crippen LogP contribution < -0.4 is 11.1 Å². The molecule has 0 radical (unpaired) electrons. The van der Waals surface area contributed by atoms with E-state index in [1.165, 1.54) is 154 Å². The number of carbonyl (C=O) groups is 3. The SMILES string of the molecule is CCCCC/C=C\C/C=C\CCCCCCCCCC(=O)OC(CCCCCCCCCCCCCCCCC)CCCCCCCC(=O)NC(CCCN)C(=O)O. The van der Waals surface area contributed by atoms with Gasteiger partial charge in [0, 0.05) is 12.8 Å². The van der Waals surface area contributed by atoms with Crippen LogP contribution in [-0.2, 0) is 19.1 Å². The number of esters is 1. The van der Waals surface area contributed by atoms with Crippen LogP contribution in [0.2, 0.25) is 0 Å². The van der Waals surface area contributed by atoms with Crippen LogP contribution >= 0.6 is 0 Å². The predicted molar refractivity (Wildman–Crippen MR) is 248 cm³/mol. The summed E-state index contributed by atoms with van der Waals surface area (Å²) in [6.45, 7) is 4.95. The molecular weight excluding hydrogens is 721 g/mol. The van der Waals surface area contributed by atoms with E-state index in [0.29, 0.717) is 32.2 Å². The van der Waals surface area contributed by atoms with Crippen molar-refractivity contribution in [1.29, 1.82) is 0 Å². The van der Waals surface area contributed by atoms with Crippen LogP contribution in [0, 0.1) is 0 Å². The van der Waals surface area contributed by atoms with Gasteiger partial charge < -0.3 is 20.9 Å². The zero-order valence-electron chi connectivity index (χ0n) is 38.4. The number of allylic oxidation sites excluding steroid dienone is 4. The van der Waals surface area contributed by atoms with Gasteiger partial charge >= 0.3 is 11.9 Å². The highest BCUT2D eigenvalue weighted by molar-refractivity contribution is 5.83. The third kappa shape index (κ3) is 42.0. The summed E-state index contributed by atoms with van der Waals surface area (Å²) in [4.78, 5) is 36.5. The molecule has 1 amide bonds. The van der Waals surface area contributed by atoms with Crippen LogP contribution in [0.25, 0.3) is 0 Å². The number of hydrogen-bond acceptors (Lipinski definition) is 5. The van der Waals surface area contributed by atoms with E-state index in [0.717, 1.165) is 70.6 Å². The smallest absolute Gasteiger partial charge is 0.326 e. The Hall–Kier alpha value is -2.15. The van der Waals surface area contributed by atoms with Gasteiger partial charge in [-0.05, 0) is 90.0 Å². The third-order valence-electron chi connectivity index (χ3n) is 11.5. The molecule has 4 N–H and O–H groups in total. The second kappa shape index (κ2) is 45.9. The van der Waals surface area contributed by atoms with Crippen molar-refractivity contribution in [2.24, 2.45) is 5.73 Å². The lowest BCUT2D eigenvalue weighted by Gasteiger charge is -2.18. The van der Waals surface area contributed by atoms with E-state index < -0.39 is 12.0 Å². The van der Waals surface area contributed by atoms with Gasteiger partial charge in [-0.2, -0.15) is 0 Å². The lowest BCUT2D eigenvalue weighted by atomic mass is 10.0. The molecule has 0 aliphatic carbocycles. The third-order valence-corrected chi connectivity index (χ3v) is 11.5. The maximum Gasteiger partial charge on any atom is 0.326 e. The van der Waals surface area contributed by atoms with E-state index in [2.05, 4.69) is 43.5 Å². The van der Waals surface area contributed by atoms with Gasteiger partial charge in [-0.25, -0.2) is 4.79 Å². The average molecular weight is 817 g/mol. The number of unbranched alkanes of at least 4 members (excludes halogenated alkanes) is 28. The predicted octanol–water partition coefficient (Wildman–Crippen LogP) is 14.8. The molecule has 0 fully saturated rings. The Labute approximate surface area is 359 Å². The molecule has 0 bridgehead atoms. The van der Waals surface area contributed by atoms with Crippen LogP contribution in [0.4, 0.5) is 0 Å². The monoisotopic (exact) mass is 817 g/mol. The summed E-state index contributed by atoms with van der Waals surface area (Å²) in [5.41, 5.74) is 5.50. The Morgan fingerprint density at radius 2 is 0.897 bits per heavy atom. The maximum atomic E-state index is 12.9. The van der Waals surface area contributed by atoms with Gasteiger partial charge in [0.15, 0.2) is 0 Å². The Bertz CT molecular complexity index is 967. The van der Waals surface area contributed by atoms with Gasteiger partial charge in [0.05, 0.1) is 0 Å². The highest BCUT2D eigenvalue weighted by atomic mass is 16.5. The minimum Gasteiger partial charge on any atom is -0.480 e. The number of aliphatic carboxylic acids is 1. The number of rotatable bonds is 46. The number of ether oxygens (including phenoxy) is 1. The first-order chi connectivity index (χ1) is 28.4. The van der Waals surface area contributed by atoms with E-state index in [-0.39, 0.29) is 18.0 Å². The molecule has 7 heteroatoms. The fourth-order valence-corrected chi connectivity index (χ4v) is 7.72. The number of nitrogens with one attached hydrogen (secondary N) is 1. The molecule has 2 unspecified atom stereocenters. The summed E-state index contributed by atoms with van der Waals surface area (Å²) in [7, 11) is 0. The lowest BCUT2D eigenvalue weighted by molar-refractivity contribution is -0.150. The molecule has 0 rings (SSSR count). The van der Waals surface area contributed by atoms with E-state index in [1.807, 2.05) is 0 Å². The van der Waals surface area contributed by atoms with Gasteiger partial charge in [0.2, 0.25) is 5.91 Å². The molecule has 0 aliphatic heterocycles. The maximum absolute atomic E-state index is 12.9. The van der Waals surface area contributed by atoms with Gasteiger partial charge in [0.1, 0.15) is 12.1 Å². The second-order valence-corrected chi connectivity index (χ2v) is 17.2. The summed E-state index contributed by atoms with van der Waals surface area (Å²) < 4.78 is 6.08. The number of amides is 1.